The van der Waals surface area contributed by atoms with Gasteiger partial charge in [-0.2, -0.15) is 0 Å². The van der Waals surface area contributed by atoms with Crippen LogP contribution >= 0.6 is 34.8 Å². The molecule has 0 aliphatic carbocycles. The van der Waals surface area contributed by atoms with Crippen LogP contribution in [0.5, 0.6) is 0 Å². The fourth-order valence-electron chi connectivity index (χ4n) is 1.05. The van der Waals surface area contributed by atoms with Gasteiger partial charge in [-0.05, 0) is 12.1 Å². The third-order valence-corrected chi connectivity index (χ3v) is 2.42. The zero-order valence-corrected chi connectivity index (χ0v) is 8.99. The monoisotopic (exact) mass is 246 g/mol. The van der Waals surface area contributed by atoms with Crippen LogP contribution in [0.4, 0.5) is 0 Å². The molecule has 0 unspecified atom stereocenters. The van der Waals surface area contributed by atoms with Crippen molar-refractivity contribution in [3.05, 3.63) is 39.7 Å². The van der Waals surface area contributed by atoms with Gasteiger partial charge in [-0.3, -0.25) is 0 Å². The first kappa shape index (κ1) is 9.84. The Morgan fingerprint density at radius 3 is 2.29 bits per heavy atom. The van der Waals surface area contributed by atoms with Crippen LogP contribution in [-0.2, 0) is 0 Å². The number of aromatic nitrogens is 1. The minimum atomic E-state index is 0.330. The van der Waals surface area contributed by atoms with E-state index >= 15 is 0 Å². The quantitative estimate of drug-likeness (QED) is 0.758. The number of benzene rings is 1. The summed E-state index contributed by atoms with van der Waals surface area (Å²) in [5.74, 6) is 0.330. The molecule has 0 aliphatic rings. The molecule has 1 aromatic carbocycles. The van der Waals surface area contributed by atoms with Crippen molar-refractivity contribution in [2.75, 3.05) is 0 Å². The lowest BCUT2D eigenvalue weighted by atomic mass is 10.2. The van der Waals surface area contributed by atoms with E-state index in [1.165, 1.54) is 6.26 Å². The highest BCUT2D eigenvalue weighted by Crippen LogP contribution is 2.35. The van der Waals surface area contributed by atoms with Crippen molar-refractivity contribution >= 4 is 34.8 Å². The molecule has 1 aromatic heterocycles. The molecule has 2 aromatic rings. The molecule has 71 valence electrons. The number of hydrogen-bond acceptors (Lipinski definition) is 2. The maximum absolute atomic E-state index is 5.94. The van der Waals surface area contributed by atoms with E-state index in [9.17, 15) is 0 Å². The first-order valence-electron chi connectivity index (χ1n) is 3.65. The summed E-state index contributed by atoms with van der Waals surface area (Å²) in [6.07, 6.45) is 3.86. The molecule has 0 fully saturated rings. The molecular weight excluding hydrogens is 244 g/mol. The Bertz CT molecular complexity index is 430. The first-order valence-corrected chi connectivity index (χ1v) is 4.78. The van der Waals surface area contributed by atoms with E-state index in [0.717, 1.165) is 0 Å². The minimum Gasteiger partial charge on any atom is -0.444 e. The Morgan fingerprint density at radius 2 is 1.79 bits per heavy atom. The molecule has 14 heavy (non-hydrogen) atoms. The summed E-state index contributed by atoms with van der Waals surface area (Å²) in [6.45, 7) is 0. The van der Waals surface area contributed by atoms with Crippen molar-refractivity contribution < 1.29 is 4.42 Å². The predicted octanol–water partition coefficient (Wildman–Crippen LogP) is 4.10. The molecular formula is C9H3Cl3NO. The van der Waals surface area contributed by atoms with Gasteiger partial charge in [0.1, 0.15) is 12.5 Å². The molecule has 0 saturated heterocycles. The number of oxazole rings is 1. The van der Waals surface area contributed by atoms with Crippen molar-refractivity contribution in [2.24, 2.45) is 0 Å². The first-order chi connectivity index (χ1) is 6.68. The highest BCUT2D eigenvalue weighted by atomic mass is 35.5. The van der Waals surface area contributed by atoms with E-state index in [1.807, 2.05) is 0 Å². The molecule has 0 atom stereocenters. The third-order valence-electron chi connectivity index (χ3n) is 1.61. The molecule has 0 aliphatic heterocycles. The molecule has 0 N–H and O–H groups in total. The van der Waals surface area contributed by atoms with Crippen molar-refractivity contribution in [1.82, 2.24) is 4.98 Å². The van der Waals surface area contributed by atoms with Crippen LogP contribution in [0.3, 0.4) is 0 Å². The fourth-order valence-corrected chi connectivity index (χ4v) is 2.03. The standard InChI is InChI=1S/C9H3Cl3NO/c10-5-3-6(11)8(7(12)4-5)9-13-1-2-14-9/h2-4H. The van der Waals surface area contributed by atoms with Gasteiger partial charge < -0.3 is 4.42 Å². The van der Waals surface area contributed by atoms with Crippen LogP contribution in [0.1, 0.15) is 0 Å². The van der Waals surface area contributed by atoms with Gasteiger partial charge in [-0.1, -0.05) is 34.8 Å². The molecule has 5 heteroatoms. The Labute approximate surface area is 95.4 Å². The molecule has 2 rings (SSSR count). The van der Waals surface area contributed by atoms with Crippen LogP contribution in [-0.4, -0.2) is 4.98 Å². The number of hydrogen-bond donors (Lipinski definition) is 0. The van der Waals surface area contributed by atoms with Gasteiger partial charge in [0.2, 0.25) is 5.89 Å². The average molecular weight is 247 g/mol. The zero-order valence-electron chi connectivity index (χ0n) is 6.72. The molecule has 0 saturated carbocycles. The topological polar surface area (TPSA) is 26.0 Å². The molecule has 1 radical (unpaired) electrons. The van der Waals surface area contributed by atoms with Gasteiger partial charge in [0, 0.05) is 5.02 Å². The van der Waals surface area contributed by atoms with Gasteiger partial charge in [0.15, 0.2) is 0 Å². The van der Waals surface area contributed by atoms with Crippen molar-refractivity contribution in [2.45, 2.75) is 0 Å². The lowest BCUT2D eigenvalue weighted by Gasteiger charge is -2.02. The summed E-state index contributed by atoms with van der Waals surface area (Å²) in [5, 5.41) is 1.27. The van der Waals surface area contributed by atoms with Crippen molar-refractivity contribution in [3.8, 4) is 11.5 Å². The number of halogens is 3. The molecule has 0 spiro atoms. The molecule has 2 nitrogen and oxygen atoms in total. The molecule has 0 bridgehead atoms. The highest BCUT2D eigenvalue weighted by molar-refractivity contribution is 6.41. The molecule has 1 heterocycles. The van der Waals surface area contributed by atoms with Crippen molar-refractivity contribution in [3.63, 3.8) is 0 Å². The second-order valence-corrected chi connectivity index (χ2v) is 3.78. The second kappa shape index (κ2) is 3.81. The minimum absolute atomic E-state index is 0.330. The summed E-state index contributed by atoms with van der Waals surface area (Å²) in [5.41, 5.74) is 0.527. The Morgan fingerprint density at radius 1 is 1.14 bits per heavy atom. The van der Waals surface area contributed by atoms with E-state index < -0.39 is 0 Å². The van der Waals surface area contributed by atoms with E-state index in [1.54, 1.807) is 12.1 Å². The number of nitrogens with zero attached hydrogens (tertiary/aromatic N) is 1. The molecule has 0 amide bonds. The van der Waals surface area contributed by atoms with Crippen LogP contribution in [0.15, 0.2) is 22.8 Å². The maximum Gasteiger partial charge on any atom is 0.229 e. The van der Waals surface area contributed by atoms with E-state index in [4.69, 9.17) is 39.2 Å². The van der Waals surface area contributed by atoms with Gasteiger partial charge in [0.25, 0.3) is 0 Å². The lowest BCUT2D eigenvalue weighted by molar-refractivity contribution is 0.574. The lowest BCUT2D eigenvalue weighted by Crippen LogP contribution is -1.81. The largest absolute Gasteiger partial charge is 0.444 e. The van der Waals surface area contributed by atoms with Crippen LogP contribution < -0.4 is 0 Å². The summed E-state index contributed by atoms with van der Waals surface area (Å²) in [6, 6.07) is 3.16. The van der Waals surface area contributed by atoms with Gasteiger partial charge in [-0.25, -0.2) is 4.98 Å². The van der Waals surface area contributed by atoms with E-state index in [2.05, 4.69) is 11.2 Å². The summed E-state index contributed by atoms with van der Waals surface area (Å²) >= 11 is 17.6. The third kappa shape index (κ3) is 1.73. The summed E-state index contributed by atoms with van der Waals surface area (Å²) in [4.78, 5) is 3.83. The predicted molar refractivity (Wildman–Crippen MR) is 55.8 cm³/mol. The zero-order chi connectivity index (χ0) is 10.1. The normalized spacial score (nSPS) is 10.5. The summed E-state index contributed by atoms with van der Waals surface area (Å²) in [7, 11) is 0. The van der Waals surface area contributed by atoms with Gasteiger partial charge in [0.05, 0.1) is 15.6 Å². The second-order valence-electron chi connectivity index (χ2n) is 2.53. The van der Waals surface area contributed by atoms with Crippen LogP contribution in [0.25, 0.3) is 11.5 Å². The van der Waals surface area contributed by atoms with Crippen molar-refractivity contribution in [1.29, 1.82) is 0 Å². The van der Waals surface area contributed by atoms with Crippen LogP contribution in [0.2, 0.25) is 15.1 Å². The van der Waals surface area contributed by atoms with E-state index in [-0.39, 0.29) is 0 Å². The average Bonchev–Trinajstić information content (AvgIpc) is 2.54. The Kier molecular flexibility index (Phi) is 2.68. The van der Waals surface area contributed by atoms with Gasteiger partial charge in [-0.15, -0.1) is 0 Å². The Balaban J connectivity index is 2.64. The maximum atomic E-state index is 5.94. The SMILES string of the molecule is Clc1cc(Cl)c(-c2n[c]co2)c(Cl)c1. The highest BCUT2D eigenvalue weighted by Gasteiger charge is 2.13. The smallest absolute Gasteiger partial charge is 0.229 e. The number of rotatable bonds is 1. The van der Waals surface area contributed by atoms with Crippen LogP contribution in [0, 0.1) is 6.20 Å². The van der Waals surface area contributed by atoms with E-state index in [0.29, 0.717) is 26.5 Å². The summed E-state index contributed by atoms with van der Waals surface area (Å²) < 4.78 is 5.04. The Hall–Kier alpha value is -0.700. The van der Waals surface area contributed by atoms with Gasteiger partial charge >= 0.3 is 0 Å². The fraction of sp³-hybridized carbons (Fsp3) is 0.